The molecule has 150 valence electrons. The third-order valence-corrected chi connectivity index (χ3v) is 6.31. The molecule has 1 aliphatic rings. The van der Waals surface area contributed by atoms with Gasteiger partial charge in [0.1, 0.15) is 9.88 Å². The Morgan fingerprint density at radius 1 is 1.18 bits per heavy atom. The van der Waals surface area contributed by atoms with Crippen molar-refractivity contribution in [1.82, 2.24) is 19.7 Å². The molecule has 9 heteroatoms. The summed E-state index contributed by atoms with van der Waals surface area (Å²) in [5.41, 5.74) is 1.20. The predicted octanol–water partition coefficient (Wildman–Crippen LogP) is 3.42. The number of piperazine rings is 1. The molecule has 28 heavy (non-hydrogen) atoms. The molecule has 1 saturated heterocycles. The van der Waals surface area contributed by atoms with Gasteiger partial charge in [0.25, 0.3) is 11.8 Å². The number of halogens is 2. The van der Waals surface area contributed by atoms with E-state index in [0.29, 0.717) is 40.1 Å². The molecule has 0 bridgehead atoms. The fraction of sp³-hybridized carbons (Fsp3) is 0.421. The van der Waals surface area contributed by atoms with Crippen LogP contribution in [0.5, 0.6) is 0 Å². The van der Waals surface area contributed by atoms with Crippen molar-refractivity contribution >= 4 is 46.4 Å². The molecule has 0 N–H and O–H groups in total. The van der Waals surface area contributed by atoms with Gasteiger partial charge in [-0.3, -0.25) is 14.5 Å². The minimum atomic E-state index is -0.101. The lowest BCUT2D eigenvalue weighted by molar-refractivity contribution is 0.0628. The van der Waals surface area contributed by atoms with Crippen LogP contribution in [0.15, 0.2) is 18.2 Å². The lowest BCUT2D eigenvalue weighted by Gasteiger charge is -2.34. The maximum atomic E-state index is 12.7. The van der Waals surface area contributed by atoms with Crippen LogP contribution < -0.4 is 0 Å². The van der Waals surface area contributed by atoms with E-state index in [1.807, 2.05) is 6.92 Å². The third kappa shape index (κ3) is 4.66. The highest BCUT2D eigenvalue weighted by Gasteiger charge is 2.25. The van der Waals surface area contributed by atoms with Gasteiger partial charge in [0.05, 0.1) is 22.8 Å². The lowest BCUT2D eigenvalue weighted by atomic mass is 10.2. The molecule has 0 aliphatic carbocycles. The molecular weight excluding hydrogens is 419 g/mol. The van der Waals surface area contributed by atoms with Crippen molar-refractivity contribution in [2.75, 3.05) is 40.3 Å². The van der Waals surface area contributed by atoms with Gasteiger partial charge in [0.2, 0.25) is 0 Å². The second-order valence-electron chi connectivity index (χ2n) is 6.91. The van der Waals surface area contributed by atoms with Gasteiger partial charge in [-0.2, -0.15) is 0 Å². The molecule has 0 spiro atoms. The average molecular weight is 441 g/mol. The fourth-order valence-corrected chi connectivity index (χ4v) is 4.55. The quantitative estimate of drug-likeness (QED) is 0.730. The van der Waals surface area contributed by atoms with E-state index >= 15 is 0 Å². The van der Waals surface area contributed by atoms with Gasteiger partial charge in [0.15, 0.2) is 0 Å². The van der Waals surface area contributed by atoms with E-state index in [0.717, 1.165) is 23.8 Å². The molecule has 0 atom stereocenters. The predicted molar refractivity (Wildman–Crippen MR) is 113 cm³/mol. The number of benzene rings is 1. The Morgan fingerprint density at radius 2 is 1.86 bits per heavy atom. The first-order chi connectivity index (χ1) is 13.3. The van der Waals surface area contributed by atoms with Gasteiger partial charge >= 0.3 is 0 Å². The van der Waals surface area contributed by atoms with Crippen molar-refractivity contribution in [3.05, 3.63) is 49.4 Å². The first-order valence-corrected chi connectivity index (χ1v) is 10.5. The fourth-order valence-electron chi connectivity index (χ4n) is 3.05. The molecule has 2 amide bonds. The number of aryl methyl sites for hydroxylation is 1. The van der Waals surface area contributed by atoms with E-state index in [1.54, 1.807) is 42.1 Å². The zero-order chi connectivity index (χ0) is 20.4. The monoisotopic (exact) mass is 440 g/mol. The van der Waals surface area contributed by atoms with Crippen molar-refractivity contribution in [2.45, 2.75) is 13.5 Å². The highest BCUT2D eigenvalue weighted by atomic mass is 35.5. The van der Waals surface area contributed by atoms with E-state index in [4.69, 9.17) is 23.2 Å². The summed E-state index contributed by atoms with van der Waals surface area (Å²) in [5, 5.41) is 1.82. The van der Waals surface area contributed by atoms with Crippen molar-refractivity contribution < 1.29 is 9.59 Å². The second kappa shape index (κ2) is 8.78. The standard InChI is InChI=1S/C19H22Cl2N4O2S/c1-12-17(19(27)23(2)3)28-16(22-12)11-24-6-8-25(9-7-24)18(26)14-10-13(20)4-5-15(14)21/h4-5,10H,6-9,11H2,1-3H3. The lowest BCUT2D eigenvalue weighted by Crippen LogP contribution is -2.48. The molecule has 1 aromatic heterocycles. The van der Waals surface area contributed by atoms with Gasteiger partial charge in [0, 0.05) is 45.3 Å². The molecule has 1 fully saturated rings. The number of thiazole rings is 1. The number of aromatic nitrogens is 1. The van der Waals surface area contributed by atoms with Gasteiger partial charge in [-0.1, -0.05) is 23.2 Å². The van der Waals surface area contributed by atoms with Crippen LogP contribution in [0.1, 0.15) is 30.7 Å². The molecule has 2 aromatic rings. The van der Waals surface area contributed by atoms with Crippen LogP contribution in [-0.4, -0.2) is 71.8 Å². The minimum absolute atomic E-state index is 0.0185. The molecule has 2 heterocycles. The first kappa shape index (κ1) is 21.0. The Balaban J connectivity index is 1.60. The van der Waals surface area contributed by atoms with Crippen LogP contribution >= 0.6 is 34.5 Å². The van der Waals surface area contributed by atoms with Crippen LogP contribution in [0.2, 0.25) is 10.0 Å². The normalized spacial score (nSPS) is 15.0. The average Bonchev–Trinajstić information content (AvgIpc) is 3.03. The number of amides is 2. The summed E-state index contributed by atoms with van der Waals surface area (Å²) in [7, 11) is 3.48. The maximum absolute atomic E-state index is 12.7. The Labute approximate surface area is 178 Å². The van der Waals surface area contributed by atoms with E-state index < -0.39 is 0 Å². The topological polar surface area (TPSA) is 56.8 Å². The van der Waals surface area contributed by atoms with E-state index in [2.05, 4.69) is 9.88 Å². The highest BCUT2D eigenvalue weighted by molar-refractivity contribution is 7.13. The van der Waals surface area contributed by atoms with Crippen LogP contribution in [0.3, 0.4) is 0 Å². The molecule has 0 unspecified atom stereocenters. The summed E-state index contributed by atoms with van der Waals surface area (Å²) in [6.07, 6.45) is 0. The Kier molecular flexibility index (Phi) is 6.60. The molecule has 6 nitrogen and oxygen atoms in total. The molecule has 1 aromatic carbocycles. The van der Waals surface area contributed by atoms with Gasteiger partial charge < -0.3 is 9.80 Å². The number of carbonyl (C=O) groups excluding carboxylic acids is 2. The largest absolute Gasteiger partial charge is 0.344 e. The van der Waals surface area contributed by atoms with Gasteiger partial charge in [-0.05, 0) is 25.1 Å². The van der Waals surface area contributed by atoms with E-state index in [-0.39, 0.29) is 11.8 Å². The summed E-state index contributed by atoms with van der Waals surface area (Å²) in [4.78, 5) is 35.8. The van der Waals surface area contributed by atoms with Gasteiger partial charge in [-0.25, -0.2) is 4.98 Å². The smallest absolute Gasteiger partial charge is 0.265 e. The SMILES string of the molecule is Cc1nc(CN2CCN(C(=O)c3cc(Cl)ccc3Cl)CC2)sc1C(=O)N(C)C. The van der Waals surface area contributed by atoms with Crippen molar-refractivity contribution in [1.29, 1.82) is 0 Å². The molecule has 1 aliphatic heterocycles. The Bertz CT molecular complexity index is 892. The molecule has 0 saturated carbocycles. The van der Waals surface area contributed by atoms with E-state index in [9.17, 15) is 9.59 Å². The van der Waals surface area contributed by atoms with Crippen LogP contribution in [-0.2, 0) is 6.54 Å². The van der Waals surface area contributed by atoms with Crippen LogP contribution in [0.4, 0.5) is 0 Å². The third-order valence-electron chi connectivity index (χ3n) is 4.62. The highest BCUT2D eigenvalue weighted by Crippen LogP contribution is 2.24. The number of hydrogen-bond acceptors (Lipinski definition) is 5. The van der Waals surface area contributed by atoms with Gasteiger partial charge in [-0.15, -0.1) is 11.3 Å². The van der Waals surface area contributed by atoms with Crippen molar-refractivity contribution in [2.24, 2.45) is 0 Å². The summed E-state index contributed by atoms with van der Waals surface area (Å²) in [6.45, 7) is 5.22. The zero-order valence-corrected chi connectivity index (χ0v) is 18.4. The van der Waals surface area contributed by atoms with Crippen molar-refractivity contribution in [3.63, 3.8) is 0 Å². The molecule has 3 rings (SSSR count). The van der Waals surface area contributed by atoms with E-state index in [1.165, 1.54) is 11.3 Å². The minimum Gasteiger partial charge on any atom is -0.344 e. The summed E-state index contributed by atoms with van der Waals surface area (Å²) in [5.74, 6) is -0.119. The molecular formula is C19H22Cl2N4O2S. The van der Waals surface area contributed by atoms with Crippen LogP contribution in [0.25, 0.3) is 0 Å². The zero-order valence-electron chi connectivity index (χ0n) is 16.0. The summed E-state index contributed by atoms with van der Waals surface area (Å²) < 4.78 is 0. The van der Waals surface area contributed by atoms with Crippen molar-refractivity contribution in [3.8, 4) is 0 Å². The van der Waals surface area contributed by atoms with Crippen LogP contribution in [0, 0.1) is 6.92 Å². The number of carbonyl (C=O) groups is 2. The maximum Gasteiger partial charge on any atom is 0.265 e. The Morgan fingerprint density at radius 3 is 2.50 bits per heavy atom. The number of nitrogens with zero attached hydrogens (tertiary/aromatic N) is 4. The molecule has 0 radical (unpaired) electrons. The second-order valence-corrected chi connectivity index (χ2v) is 8.84. The summed E-state index contributed by atoms with van der Waals surface area (Å²) >= 11 is 13.6. The number of hydrogen-bond donors (Lipinski definition) is 0. The Hall–Kier alpha value is -1.67. The first-order valence-electron chi connectivity index (χ1n) is 8.91. The number of rotatable bonds is 4. The summed E-state index contributed by atoms with van der Waals surface area (Å²) in [6, 6.07) is 4.93.